The fourth-order valence-corrected chi connectivity index (χ4v) is 2.72. The molecule has 1 aliphatic heterocycles. The van der Waals surface area contributed by atoms with E-state index in [-0.39, 0.29) is 30.1 Å². The number of guanidine groups is 1. The Morgan fingerprint density at radius 1 is 1.40 bits per heavy atom. The lowest BCUT2D eigenvalue weighted by atomic mass is 10.2. The second-order valence-corrected chi connectivity index (χ2v) is 6.10. The van der Waals surface area contributed by atoms with Gasteiger partial charge in [0.25, 0.3) is 0 Å². The molecule has 2 heterocycles. The largest absolute Gasteiger partial charge is 0.379 e. The summed E-state index contributed by atoms with van der Waals surface area (Å²) in [6.07, 6.45) is 2.25. The molecule has 0 amide bonds. The number of ether oxygens (including phenoxy) is 2. The van der Waals surface area contributed by atoms with E-state index in [0.717, 1.165) is 57.4 Å². The summed E-state index contributed by atoms with van der Waals surface area (Å²) in [6, 6.07) is 0. The number of aromatic nitrogens is 2. The molecular weight excluding hydrogens is 433 g/mol. The van der Waals surface area contributed by atoms with Crippen molar-refractivity contribution in [2.75, 3.05) is 32.9 Å². The van der Waals surface area contributed by atoms with Gasteiger partial charge in [-0.25, -0.2) is 4.99 Å². The van der Waals surface area contributed by atoms with E-state index >= 15 is 0 Å². The van der Waals surface area contributed by atoms with Gasteiger partial charge in [-0.1, -0.05) is 0 Å². The van der Waals surface area contributed by atoms with Gasteiger partial charge in [-0.15, -0.1) is 24.0 Å². The number of nitrogens with one attached hydrogen (secondary N) is 2. The molecule has 0 radical (unpaired) electrons. The Kier molecular flexibility index (Phi) is 10.4. The maximum Gasteiger partial charge on any atom is 0.191 e. The Hall–Kier alpha value is -0.870. The lowest BCUT2D eigenvalue weighted by Crippen LogP contribution is -2.38. The molecular formula is C17H32IN5O2. The van der Waals surface area contributed by atoms with Crippen molar-refractivity contribution in [3.8, 4) is 0 Å². The van der Waals surface area contributed by atoms with E-state index < -0.39 is 0 Å². The molecule has 25 heavy (non-hydrogen) atoms. The summed E-state index contributed by atoms with van der Waals surface area (Å²) < 4.78 is 13.0. The fraction of sp³-hybridized carbons (Fsp3) is 0.765. The Morgan fingerprint density at radius 2 is 2.20 bits per heavy atom. The first-order valence-corrected chi connectivity index (χ1v) is 8.82. The summed E-state index contributed by atoms with van der Waals surface area (Å²) in [6.45, 7) is 10.8. The van der Waals surface area contributed by atoms with Gasteiger partial charge in [0, 0.05) is 44.6 Å². The van der Waals surface area contributed by atoms with Gasteiger partial charge < -0.3 is 20.1 Å². The quantitative estimate of drug-likeness (QED) is 0.266. The van der Waals surface area contributed by atoms with Crippen molar-refractivity contribution in [1.82, 2.24) is 20.4 Å². The Bertz CT molecular complexity index is 541. The predicted molar refractivity (Wildman–Crippen MR) is 111 cm³/mol. The number of nitrogens with zero attached hydrogens (tertiary/aromatic N) is 3. The first kappa shape index (κ1) is 22.2. The van der Waals surface area contributed by atoms with Crippen LogP contribution in [0.25, 0.3) is 0 Å². The van der Waals surface area contributed by atoms with Gasteiger partial charge in [-0.2, -0.15) is 5.10 Å². The minimum absolute atomic E-state index is 0. The number of rotatable bonds is 8. The zero-order valence-electron chi connectivity index (χ0n) is 15.8. The molecule has 0 saturated carbocycles. The van der Waals surface area contributed by atoms with Gasteiger partial charge >= 0.3 is 0 Å². The second kappa shape index (κ2) is 11.7. The predicted octanol–water partition coefficient (Wildman–Crippen LogP) is 1.91. The average Bonchev–Trinajstić information content (AvgIpc) is 3.15. The second-order valence-electron chi connectivity index (χ2n) is 6.10. The zero-order valence-corrected chi connectivity index (χ0v) is 18.1. The summed E-state index contributed by atoms with van der Waals surface area (Å²) in [4.78, 5) is 4.67. The van der Waals surface area contributed by atoms with Crippen LogP contribution in [0.2, 0.25) is 0 Å². The minimum atomic E-state index is 0. The molecule has 0 spiro atoms. The normalized spacial score (nSPS) is 17.4. The SMILES string of the molecule is CCNC(=NCc1c(C)nn(C)c1C)NCCCOC1CCOC1.I. The highest BCUT2D eigenvalue weighted by Gasteiger charge is 2.15. The van der Waals surface area contributed by atoms with Crippen molar-refractivity contribution in [2.24, 2.45) is 12.0 Å². The number of hydrogen-bond donors (Lipinski definition) is 2. The van der Waals surface area contributed by atoms with Gasteiger partial charge in [0.05, 0.1) is 24.9 Å². The third-order valence-electron chi connectivity index (χ3n) is 4.25. The van der Waals surface area contributed by atoms with Crippen LogP contribution in [0, 0.1) is 13.8 Å². The van der Waals surface area contributed by atoms with E-state index in [2.05, 4.69) is 34.6 Å². The van der Waals surface area contributed by atoms with Crippen molar-refractivity contribution >= 4 is 29.9 Å². The number of aryl methyl sites for hydroxylation is 2. The van der Waals surface area contributed by atoms with Crippen LogP contribution in [0.4, 0.5) is 0 Å². The third kappa shape index (κ3) is 7.10. The van der Waals surface area contributed by atoms with E-state index in [0.29, 0.717) is 6.54 Å². The van der Waals surface area contributed by atoms with Gasteiger partial charge in [-0.3, -0.25) is 4.68 Å². The van der Waals surface area contributed by atoms with E-state index in [9.17, 15) is 0 Å². The van der Waals surface area contributed by atoms with Crippen molar-refractivity contribution in [1.29, 1.82) is 0 Å². The van der Waals surface area contributed by atoms with Crippen LogP contribution in [0.3, 0.4) is 0 Å². The van der Waals surface area contributed by atoms with Crippen LogP contribution in [0.15, 0.2) is 4.99 Å². The molecule has 1 aromatic heterocycles. The highest BCUT2D eigenvalue weighted by Crippen LogP contribution is 2.12. The molecule has 1 saturated heterocycles. The molecule has 1 fully saturated rings. The highest BCUT2D eigenvalue weighted by molar-refractivity contribution is 14.0. The van der Waals surface area contributed by atoms with Crippen LogP contribution >= 0.6 is 24.0 Å². The van der Waals surface area contributed by atoms with E-state index in [4.69, 9.17) is 9.47 Å². The lowest BCUT2D eigenvalue weighted by molar-refractivity contribution is 0.0420. The summed E-state index contributed by atoms with van der Waals surface area (Å²) in [5.41, 5.74) is 3.40. The summed E-state index contributed by atoms with van der Waals surface area (Å²) in [5.74, 6) is 0.837. The van der Waals surface area contributed by atoms with Gasteiger partial charge in [0.2, 0.25) is 0 Å². The maximum atomic E-state index is 5.77. The first-order valence-electron chi connectivity index (χ1n) is 8.82. The molecule has 7 nitrogen and oxygen atoms in total. The molecule has 1 unspecified atom stereocenters. The molecule has 0 bridgehead atoms. The van der Waals surface area contributed by atoms with Crippen LogP contribution in [0.1, 0.15) is 36.7 Å². The van der Waals surface area contributed by atoms with Crippen LogP contribution in [-0.2, 0) is 23.1 Å². The molecule has 1 atom stereocenters. The number of halogens is 1. The molecule has 2 N–H and O–H groups in total. The van der Waals surface area contributed by atoms with E-state index in [1.165, 1.54) is 11.3 Å². The van der Waals surface area contributed by atoms with Gasteiger partial charge in [0.15, 0.2) is 5.96 Å². The van der Waals surface area contributed by atoms with Crippen LogP contribution in [-0.4, -0.2) is 54.8 Å². The molecule has 0 aromatic carbocycles. The lowest BCUT2D eigenvalue weighted by Gasteiger charge is -2.13. The molecule has 1 aliphatic rings. The zero-order chi connectivity index (χ0) is 17.4. The van der Waals surface area contributed by atoms with E-state index in [1.54, 1.807) is 0 Å². The smallest absolute Gasteiger partial charge is 0.191 e. The van der Waals surface area contributed by atoms with Crippen LogP contribution < -0.4 is 10.6 Å². The minimum Gasteiger partial charge on any atom is -0.379 e. The topological polar surface area (TPSA) is 72.7 Å². The fourth-order valence-electron chi connectivity index (χ4n) is 2.72. The summed E-state index contributed by atoms with van der Waals surface area (Å²) in [5, 5.41) is 11.1. The summed E-state index contributed by atoms with van der Waals surface area (Å²) >= 11 is 0. The first-order chi connectivity index (χ1) is 11.6. The molecule has 1 aromatic rings. The number of hydrogen-bond acceptors (Lipinski definition) is 4. The van der Waals surface area contributed by atoms with Crippen molar-refractivity contribution in [3.05, 3.63) is 17.0 Å². The average molecular weight is 465 g/mol. The Morgan fingerprint density at radius 3 is 2.80 bits per heavy atom. The monoisotopic (exact) mass is 465 g/mol. The third-order valence-corrected chi connectivity index (χ3v) is 4.25. The van der Waals surface area contributed by atoms with Crippen molar-refractivity contribution in [2.45, 2.75) is 46.3 Å². The molecule has 8 heteroatoms. The standard InChI is InChI=1S/C17H31N5O2.HI/c1-5-18-17(19-8-6-9-24-15-7-10-23-12-15)20-11-16-13(2)21-22(4)14(16)3;/h15H,5-12H2,1-4H3,(H2,18,19,20);1H. The molecule has 2 rings (SSSR count). The van der Waals surface area contributed by atoms with E-state index in [1.807, 2.05) is 18.7 Å². The maximum absolute atomic E-state index is 5.77. The number of aliphatic imine (C=N–C) groups is 1. The van der Waals surface area contributed by atoms with Crippen molar-refractivity contribution < 1.29 is 9.47 Å². The van der Waals surface area contributed by atoms with Crippen LogP contribution in [0.5, 0.6) is 0 Å². The Balaban J connectivity index is 0.00000312. The van der Waals surface area contributed by atoms with Crippen molar-refractivity contribution in [3.63, 3.8) is 0 Å². The Labute approximate surface area is 168 Å². The molecule has 0 aliphatic carbocycles. The highest BCUT2D eigenvalue weighted by atomic mass is 127. The van der Waals surface area contributed by atoms with Gasteiger partial charge in [0.1, 0.15) is 0 Å². The van der Waals surface area contributed by atoms with Gasteiger partial charge in [-0.05, 0) is 33.6 Å². The molecule has 144 valence electrons. The summed E-state index contributed by atoms with van der Waals surface area (Å²) in [7, 11) is 1.97.